The van der Waals surface area contributed by atoms with E-state index >= 15 is 0 Å². The van der Waals surface area contributed by atoms with E-state index in [1.165, 1.54) is 0 Å². The Labute approximate surface area is 207 Å². The first-order valence-electron chi connectivity index (χ1n) is 12.9. The Bertz CT molecular complexity index is 724. The van der Waals surface area contributed by atoms with E-state index in [0.29, 0.717) is 18.1 Å². The van der Waals surface area contributed by atoms with E-state index in [1.807, 2.05) is 34.6 Å². The molecule has 196 valence electrons. The van der Waals surface area contributed by atoms with Crippen LogP contribution in [0.15, 0.2) is 11.6 Å². The van der Waals surface area contributed by atoms with Crippen LogP contribution < -0.4 is 5.32 Å². The number of hydrogen-bond donors (Lipinski definition) is 1. The van der Waals surface area contributed by atoms with E-state index in [-0.39, 0.29) is 35.8 Å². The molecule has 7 nitrogen and oxygen atoms in total. The van der Waals surface area contributed by atoms with Crippen LogP contribution >= 0.6 is 0 Å². The number of esters is 1. The molecule has 1 fully saturated rings. The molecule has 7 heteroatoms. The summed E-state index contributed by atoms with van der Waals surface area (Å²) < 4.78 is 5.11. The van der Waals surface area contributed by atoms with Gasteiger partial charge in [0.15, 0.2) is 0 Å². The van der Waals surface area contributed by atoms with Crippen molar-refractivity contribution in [3.8, 4) is 0 Å². The molecule has 0 aliphatic carbocycles. The molecule has 0 spiro atoms. The van der Waals surface area contributed by atoms with Crippen molar-refractivity contribution in [3.63, 3.8) is 0 Å². The Morgan fingerprint density at radius 3 is 2.26 bits per heavy atom. The van der Waals surface area contributed by atoms with Gasteiger partial charge in [0, 0.05) is 19.2 Å². The molecule has 1 aliphatic rings. The van der Waals surface area contributed by atoms with Crippen molar-refractivity contribution in [1.82, 2.24) is 15.1 Å². The summed E-state index contributed by atoms with van der Waals surface area (Å²) >= 11 is 0. The first kappa shape index (κ1) is 30.1. The highest BCUT2D eigenvalue weighted by Crippen LogP contribution is 2.25. The monoisotopic (exact) mass is 479 g/mol. The third kappa shape index (κ3) is 8.71. The van der Waals surface area contributed by atoms with Crippen molar-refractivity contribution in [3.05, 3.63) is 11.6 Å². The summed E-state index contributed by atoms with van der Waals surface area (Å²) in [4.78, 5) is 43.2. The first-order valence-corrected chi connectivity index (χ1v) is 12.9. The summed E-state index contributed by atoms with van der Waals surface area (Å²) in [6.45, 7) is 19.8. The second kappa shape index (κ2) is 13.3. The smallest absolute Gasteiger partial charge is 0.333 e. The zero-order chi connectivity index (χ0) is 26.2. The molecule has 0 radical (unpaired) electrons. The standard InChI is InChI=1S/C27H49N3O4/c1-11-34-26(33)20(6)16-22(19(4)5)29(10)25(32)23(27(7,8)9)28-24(31)21-14-12-13-15-30(21)17-18(2)3/h16,18-19,21-23H,11-15,17H2,1-10H3,(H,28,31)/b20-16+/t21-,22-,23?/m1/s1. The Morgan fingerprint density at radius 1 is 1.15 bits per heavy atom. The Balaban J connectivity index is 3.14. The van der Waals surface area contributed by atoms with Crippen LogP contribution in [-0.4, -0.2) is 72.5 Å². The molecule has 1 unspecified atom stereocenters. The molecule has 1 N–H and O–H groups in total. The van der Waals surface area contributed by atoms with Crippen LogP contribution in [0.25, 0.3) is 0 Å². The molecule has 0 aromatic carbocycles. The number of amides is 2. The van der Waals surface area contributed by atoms with Crippen molar-refractivity contribution >= 4 is 17.8 Å². The molecular formula is C27H49N3O4. The molecule has 1 aliphatic heterocycles. The van der Waals surface area contributed by atoms with Gasteiger partial charge in [0.25, 0.3) is 0 Å². The van der Waals surface area contributed by atoms with Gasteiger partial charge in [-0.05, 0) is 50.5 Å². The summed E-state index contributed by atoms with van der Waals surface area (Å²) in [6, 6.07) is -1.18. The Morgan fingerprint density at radius 2 is 1.76 bits per heavy atom. The van der Waals surface area contributed by atoms with Gasteiger partial charge in [-0.1, -0.05) is 61.0 Å². The van der Waals surface area contributed by atoms with Gasteiger partial charge >= 0.3 is 5.97 Å². The van der Waals surface area contributed by atoms with Crippen molar-refractivity contribution < 1.29 is 19.1 Å². The maximum atomic E-state index is 13.7. The molecule has 0 saturated carbocycles. The molecule has 1 rings (SSSR count). The lowest BCUT2D eigenvalue weighted by Gasteiger charge is -2.40. The highest BCUT2D eigenvalue weighted by molar-refractivity contribution is 5.91. The quantitative estimate of drug-likeness (QED) is 0.378. The summed E-state index contributed by atoms with van der Waals surface area (Å²) in [7, 11) is 1.75. The average molecular weight is 480 g/mol. The fourth-order valence-electron chi connectivity index (χ4n) is 4.53. The van der Waals surface area contributed by atoms with Crippen molar-refractivity contribution in [2.75, 3.05) is 26.7 Å². The highest BCUT2D eigenvalue weighted by Gasteiger charge is 2.39. The third-order valence-corrected chi connectivity index (χ3v) is 6.41. The third-order valence-electron chi connectivity index (χ3n) is 6.41. The van der Waals surface area contributed by atoms with Gasteiger partial charge < -0.3 is 15.0 Å². The largest absolute Gasteiger partial charge is 0.463 e. The van der Waals surface area contributed by atoms with E-state index in [9.17, 15) is 14.4 Å². The zero-order valence-electron chi connectivity index (χ0n) is 23.2. The van der Waals surface area contributed by atoms with Gasteiger partial charge in [0.2, 0.25) is 11.8 Å². The summed E-state index contributed by atoms with van der Waals surface area (Å²) in [5.74, 6) is -0.0485. The SMILES string of the molecule is CCOC(=O)/C(C)=C/[C@H](C(C)C)N(C)C(=O)C(NC(=O)[C@H]1CCCCN1CC(C)C)C(C)(C)C. The van der Waals surface area contributed by atoms with E-state index in [1.54, 1.807) is 31.9 Å². The number of rotatable bonds is 10. The van der Waals surface area contributed by atoms with Gasteiger partial charge in [-0.2, -0.15) is 0 Å². The molecule has 1 saturated heterocycles. The summed E-state index contributed by atoms with van der Waals surface area (Å²) in [6.07, 6.45) is 4.74. The lowest BCUT2D eigenvalue weighted by molar-refractivity contribution is -0.142. The van der Waals surface area contributed by atoms with Crippen LogP contribution in [0.5, 0.6) is 0 Å². The molecular weight excluding hydrogens is 430 g/mol. The number of nitrogens with zero attached hydrogens (tertiary/aromatic N) is 2. The number of ether oxygens (including phenoxy) is 1. The number of hydrogen-bond acceptors (Lipinski definition) is 5. The highest BCUT2D eigenvalue weighted by atomic mass is 16.5. The van der Waals surface area contributed by atoms with E-state index in [2.05, 4.69) is 24.1 Å². The maximum Gasteiger partial charge on any atom is 0.333 e. The lowest BCUT2D eigenvalue weighted by atomic mass is 9.84. The fourth-order valence-corrected chi connectivity index (χ4v) is 4.53. The van der Waals surface area contributed by atoms with E-state index in [0.717, 1.165) is 32.4 Å². The molecule has 34 heavy (non-hydrogen) atoms. The number of piperidine rings is 1. The topological polar surface area (TPSA) is 79.0 Å². The van der Waals surface area contributed by atoms with Gasteiger partial charge in [0.1, 0.15) is 6.04 Å². The zero-order valence-corrected chi connectivity index (χ0v) is 23.2. The van der Waals surface area contributed by atoms with Gasteiger partial charge in [0.05, 0.1) is 18.7 Å². The van der Waals surface area contributed by atoms with Crippen molar-refractivity contribution in [2.45, 2.75) is 99.7 Å². The average Bonchev–Trinajstić information content (AvgIpc) is 2.73. The van der Waals surface area contributed by atoms with Gasteiger partial charge in [-0.25, -0.2) is 4.79 Å². The fraction of sp³-hybridized carbons (Fsp3) is 0.815. The first-order chi connectivity index (χ1) is 15.7. The minimum absolute atomic E-state index is 0.0682. The van der Waals surface area contributed by atoms with Crippen LogP contribution in [-0.2, 0) is 19.1 Å². The van der Waals surface area contributed by atoms with Gasteiger partial charge in [-0.3, -0.25) is 14.5 Å². The second-order valence-corrected chi connectivity index (χ2v) is 11.5. The van der Waals surface area contributed by atoms with Crippen LogP contribution in [0.2, 0.25) is 0 Å². The Kier molecular flexibility index (Phi) is 11.8. The summed E-state index contributed by atoms with van der Waals surface area (Å²) in [5, 5.41) is 3.12. The number of likely N-dealkylation sites (tertiary alicyclic amines) is 1. The predicted molar refractivity (Wildman–Crippen MR) is 137 cm³/mol. The number of carbonyl (C=O) groups is 3. The molecule has 0 aromatic rings. The molecule has 0 aromatic heterocycles. The number of likely N-dealkylation sites (N-methyl/N-ethyl adjacent to an activating group) is 1. The Hall–Kier alpha value is -1.89. The van der Waals surface area contributed by atoms with E-state index in [4.69, 9.17) is 4.74 Å². The predicted octanol–water partition coefficient (Wildman–Crippen LogP) is 4.02. The van der Waals surface area contributed by atoms with Crippen LogP contribution in [0.3, 0.4) is 0 Å². The number of carbonyl (C=O) groups excluding carboxylic acids is 3. The van der Waals surface area contributed by atoms with Crippen LogP contribution in [0.4, 0.5) is 0 Å². The number of nitrogens with one attached hydrogen (secondary N) is 1. The molecule has 3 atom stereocenters. The van der Waals surface area contributed by atoms with Crippen LogP contribution in [0, 0.1) is 17.3 Å². The van der Waals surface area contributed by atoms with Gasteiger partial charge in [-0.15, -0.1) is 0 Å². The lowest BCUT2D eigenvalue weighted by Crippen LogP contribution is -2.60. The maximum absolute atomic E-state index is 13.7. The minimum atomic E-state index is -0.676. The molecule has 1 heterocycles. The summed E-state index contributed by atoms with van der Waals surface area (Å²) in [5.41, 5.74) is 0.00283. The van der Waals surface area contributed by atoms with E-state index < -0.39 is 11.5 Å². The minimum Gasteiger partial charge on any atom is -0.463 e. The van der Waals surface area contributed by atoms with Crippen molar-refractivity contribution in [1.29, 1.82) is 0 Å². The van der Waals surface area contributed by atoms with Crippen LogP contribution in [0.1, 0.15) is 81.6 Å². The normalized spacial score (nSPS) is 19.6. The molecule has 2 amide bonds. The molecule has 0 bridgehead atoms. The van der Waals surface area contributed by atoms with Crippen molar-refractivity contribution in [2.24, 2.45) is 17.3 Å². The second-order valence-electron chi connectivity index (χ2n) is 11.5.